The first-order valence-corrected chi connectivity index (χ1v) is 6.99. The largest absolute Gasteiger partial charge is 0.294 e. The number of Topliss-reactive ketones (excluding diaryl/α,β-unsaturated/α-hetero) is 1. The van der Waals surface area contributed by atoms with Crippen LogP contribution in [-0.4, -0.2) is 15.6 Å². The van der Waals surface area contributed by atoms with E-state index in [4.69, 9.17) is 0 Å². The van der Waals surface area contributed by atoms with Crippen LogP contribution in [0.15, 0.2) is 30.3 Å². The van der Waals surface area contributed by atoms with Crippen LogP contribution in [-0.2, 0) is 19.9 Å². The van der Waals surface area contributed by atoms with Gasteiger partial charge >= 0.3 is 0 Å². The van der Waals surface area contributed by atoms with Crippen molar-refractivity contribution in [3.05, 3.63) is 50.9 Å². The highest BCUT2D eigenvalue weighted by Crippen LogP contribution is 2.15. The van der Waals surface area contributed by atoms with Crippen molar-refractivity contribution in [2.24, 2.45) is 7.05 Å². The summed E-state index contributed by atoms with van der Waals surface area (Å²) in [4.78, 5) is 12.2. The van der Waals surface area contributed by atoms with E-state index in [9.17, 15) is 4.79 Å². The van der Waals surface area contributed by atoms with E-state index in [0.29, 0.717) is 6.42 Å². The maximum absolute atomic E-state index is 12.2. The molecule has 0 fully saturated rings. The second-order valence-corrected chi connectivity index (χ2v) is 5.35. The van der Waals surface area contributed by atoms with Gasteiger partial charge in [0.05, 0.1) is 12.1 Å². The molecule has 4 heteroatoms. The van der Waals surface area contributed by atoms with Crippen molar-refractivity contribution in [1.82, 2.24) is 9.78 Å². The van der Waals surface area contributed by atoms with Gasteiger partial charge in [-0.25, -0.2) is 0 Å². The zero-order valence-corrected chi connectivity index (χ0v) is 12.6. The summed E-state index contributed by atoms with van der Waals surface area (Å²) in [5.74, 6) is 0.144. The van der Waals surface area contributed by atoms with E-state index in [-0.39, 0.29) is 5.78 Å². The first-order chi connectivity index (χ1) is 8.61. The molecule has 0 N–H and O–H groups in total. The summed E-state index contributed by atoms with van der Waals surface area (Å²) in [6, 6.07) is 9.68. The molecular weight excluding hydrogens is 339 g/mol. The second-order valence-electron chi connectivity index (χ2n) is 4.18. The topological polar surface area (TPSA) is 34.9 Å². The highest BCUT2D eigenvalue weighted by Gasteiger charge is 2.13. The van der Waals surface area contributed by atoms with Crippen molar-refractivity contribution in [1.29, 1.82) is 0 Å². The summed E-state index contributed by atoms with van der Waals surface area (Å²) in [5, 5.41) is 4.36. The second kappa shape index (κ2) is 5.65. The van der Waals surface area contributed by atoms with E-state index in [1.54, 1.807) is 4.68 Å². The summed E-state index contributed by atoms with van der Waals surface area (Å²) in [6.07, 6.45) is 1.30. The Hall–Kier alpha value is -1.17. The molecule has 0 saturated carbocycles. The Labute approximate surface area is 120 Å². The number of aromatic nitrogens is 2. The van der Waals surface area contributed by atoms with Gasteiger partial charge in [-0.1, -0.05) is 25.1 Å². The zero-order valence-electron chi connectivity index (χ0n) is 10.5. The predicted octanol–water partition coefficient (Wildman–Crippen LogP) is 3.01. The molecule has 2 rings (SSSR count). The summed E-state index contributed by atoms with van der Waals surface area (Å²) in [7, 11) is 1.89. The van der Waals surface area contributed by atoms with Gasteiger partial charge in [-0.3, -0.25) is 9.48 Å². The Bertz CT molecular complexity index is 575. The van der Waals surface area contributed by atoms with Gasteiger partial charge in [0.15, 0.2) is 5.78 Å². The highest BCUT2D eigenvalue weighted by atomic mass is 127. The molecule has 0 atom stereocenters. The monoisotopic (exact) mass is 354 g/mol. The van der Waals surface area contributed by atoms with Crippen LogP contribution < -0.4 is 0 Å². The average molecular weight is 354 g/mol. The number of hydrogen-bond donors (Lipinski definition) is 0. The molecule has 0 aliphatic heterocycles. The van der Waals surface area contributed by atoms with Crippen LogP contribution >= 0.6 is 22.6 Å². The normalized spacial score (nSPS) is 10.6. The number of carbonyl (C=O) groups is 1. The number of carbonyl (C=O) groups excluding carboxylic acids is 1. The lowest BCUT2D eigenvalue weighted by molar-refractivity contribution is 0.0990. The van der Waals surface area contributed by atoms with E-state index in [1.807, 2.05) is 37.4 Å². The van der Waals surface area contributed by atoms with E-state index < -0.39 is 0 Å². The molecule has 1 aromatic carbocycles. The molecule has 0 aliphatic carbocycles. The molecule has 0 spiro atoms. The first-order valence-electron chi connectivity index (χ1n) is 5.91. The third-order valence-corrected chi connectivity index (χ3v) is 3.85. The van der Waals surface area contributed by atoms with Crippen LogP contribution in [0.5, 0.6) is 0 Å². The van der Waals surface area contributed by atoms with Crippen LogP contribution in [0.1, 0.15) is 28.7 Å². The number of aryl methyl sites for hydroxylation is 2. The molecule has 1 heterocycles. The maximum Gasteiger partial charge on any atom is 0.169 e. The van der Waals surface area contributed by atoms with Crippen molar-refractivity contribution in [2.75, 3.05) is 0 Å². The number of ketones is 1. The smallest absolute Gasteiger partial charge is 0.169 e. The fourth-order valence-corrected chi connectivity index (χ4v) is 2.54. The Kier molecular flexibility index (Phi) is 4.16. The molecule has 94 valence electrons. The standard InChI is InChI=1S/C14H15IN2O/c1-3-10-8-11(17(2)16-10)9-14(18)12-6-4-5-7-13(12)15/h4-8H,3,9H2,1-2H3. The average Bonchev–Trinajstić information content (AvgIpc) is 2.70. The summed E-state index contributed by atoms with van der Waals surface area (Å²) >= 11 is 2.20. The van der Waals surface area contributed by atoms with Crippen molar-refractivity contribution in [3.63, 3.8) is 0 Å². The molecule has 0 amide bonds. The fourth-order valence-electron chi connectivity index (χ4n) is 1.86. The molecular formula is C14H15IN2O. The number of nitrogens with zero attached hydrogens (tertiary/aromatic N) is 2. The summed E-state index contributed by atoms with van der Waals surface area (Å²) in [5.41, 5.74) is 2.79. The Balaban J connectivity index is 2.21. The van der Waals surface area contributed by atoms with Crippen molar-refractivity contribution >= 4 is 28.4 Å². The molecule has 0 bridgehead atoms. The first kappa shape index (κ1) is 13.3. The highest BCUT2D eigenvalue weighted by molar-refractivity contribution is 14.1. The third-order valence-electron chi connectivity index (χ3n) is 2.91. The number of rotatable bonds is 4. The van der Waals surface area contributed by atoms with Crippen molar-refractivity contribution < 1.29 is 4.79 Å². The maximum atomic E-state index is 12.2. The van der Waals surface area contributed by atoms with Crippen LogP contribution in [0.25, 0.3) is 0 Å². The minimum Gasteiger partial charge on any atom is -0.294 e. The zero-order chi connectivity index (χ0) is 13.1. The lowest BCUT2D eigenvalue weighted by Gasteiger charge is -2.03. The van der Waals surface area contributed by atoms with E-state index in [0.717, 1.165) is 26.9 Å². The molecule has 18 heavy (non-hydrogen) atoms. The molecule has 0 radical (unpaired) electrons. The molecule has 0 aliphatic rings. The van der Waals surface area contributed by atoms with E-state index in [2.05, 4.69) is 34.6 Å². The fraction of sp³-hybridized carbons (Fsp3) is 0.286. The Morgan fingerprint density at radius 3 is 2.72 bits per heavy atom. The van der Waals surface area contributed by atoms with Gasteiger partial charge in [0.2, 0.25) is 0 Å². The van der Waals surface area contributed by atoms with Gasteiger partial charge in [-0.05, 0) is 41.1 Å². The predicted molar refractivity (Wildman–Crippen MR) is 79.8 cm³/mol. The van der Waals surface area contributed by atoms with Crippen molar-refractivity contribution in [3.8, 4) is 0 Å². The van der Waals surface area contributed by atoms with Crippen molar-refractivity contribution in [2.45, 2.75) is 19.8 Å². The molecule has 0 unspecified atom stereocenters. The lowest BCUT2D eigenvalue weighted by Crippen LogP contribution is -2.09. The Morgan fingerprint density at radius 1 is 1.39 bits per heavy atom. The molecule has 3 nitrogen and oxygen atoms in total. The van der Waals surface area contributed by atoms with E-state index in [1.165, 1.54) is 0 Å². The quantitative estimate of drug-likeness (QED) is 0.625. The minimum absolute atomic E-state index is 0.144. The van der Waals surface area contributed by atoms with Gasteiger partial charge in [-0.2, -0.15) is 5.10 Å². The van der Waals surface area contributed by atoms with Crippen LogP contribution in [0, 0.1) is 3.57 Å². The van der Waals surface area contributed by atoms with Gasteiger partial charge in [0.1, 0.15) is 0 Å². The number of benzene rings is 1. The van der Waals surface area contributed by atoms with Gasteiger partial charge < -0.3 is 0 Å². The van der Waals surface area contributed by atoms with Gasteiger partial charge in [0, 0.05) is 21.9 Å². The van der Waals surface area contributed by atoms with Crippen LogP contribution in [0.4, 0.5) is 0 Å². The number of halogens is 1. The number of hydrogen-bond acceptors (Lipinski definition) is 2. The third kappa shape index (κ3) is 2.80. The molecule has 1 aromatic heterocycles. The van der Waals surface area contributed by atoms with Crippen LogP contribution in [0.3, 0.4) is 0 Å². The summed E-state index contributed by atoms with van der Waals surface area (Å²) in [6.45, 7) is 2.06. The lowest BCUT2D eigenvalue weighted by atomic mass is 10.1. The van der Waals surface area contributed by atoms with Gasteiger partial charge in [0.25, 0.3) is 0 Å². The SMILES string of the molecule is CCc1cc(CC(=O)c2ccccc2I)n(C)n1. The summed E-state index contributed by atoms with van der Waals surface area (Å²) < 4.78 is 2.80. The minimum atomic E-state index is 0.144. The molecule has 0 saturated heterocycles. The van der Waals surface area contributed by atoms with E-state index >= 15 is 0 Å². The Morgan fingerprint density at radius 2 is 2.11 bits per heavy atom. The molecule has 2 aromatic rings. The van der Waals surface area contributed by atoms with Gasteiger partial charge in [-0.15, -0.1) is 0 Å². The van der Waals surface area contributed by atoms with Crippen LogP contribution in [0.2, 0.25) is 0 Å².